The van der Waals surface area contributed by atoms with Gasteiger partial charge in [0.05, 0.1) is 17.8 Å². The molecule has 0 radical (unpaired) electrons. The van der Waals surface area contributed by atoms with Crippen molar-refractivity contribution < 1.29 is 18.0 Å². The van der Waals surface area contributed by atoms with Crippen LogP contribution >= 0.6 is 0 Å². The molecule has 0 saturated carbocycles. The lowest BCUT2D eigenvalue weighted by Crippen LogP contribution is -2.43. The number of hydrogen-bond acceptors (Lipinski definition) is 4. The van der Waals surface area contributed by atoms with Crippen LogP contribution in [0.3, 0.4) is 0 Å². The van der Waals surface area contributed by atoms with E-state index < -0.39 is 11.7 Å². The normalized spacial score (nSPS) is 18.7. The number of pyridine rings is 1. The van der Waals surface area contributed by atoms with Crippen LogP contribution in [0.15, 0.2) is 48.8 Å². The molecule has 2 aliphatic heterocycles. The Morgan fingerprint density at radius 3 is 2.45 bits per heavy atom. The molecular formula is C22H20F3N5O. The number of fused-ring (bicyclic) bond motifs is 1. The van der Waals surface area contributed by atoms with Crippen LogP contribution in [0, 0.1) is 0 Å². The van der Waals surface area contributed by atoms with Crippen molar-refractivity contribution in [3.05, 3.63) is 60.0 Å². The minimum absolute atomic E-state index is 0.132. The third-order valence-corrected chi connectivity index (χ3v) is 5.85. The standard InChI is InChI=1S/C22H20F3N5O/c1-14-13-29(16-7-5-15(6-8-16)22(23,24)25)21(31)19-18(12-27-30(14)19)17-4-2-9-26-20(17)28-10-3-11-28/h2,4-9,12,14H,3,10-11,13H2,1H3/t14-/m0/s1. The number of hydrogen-bond donors (Lipinski definition) is 0. The van der Waals surface area contributed by atoms with Gasteiger partial charge in [0, 0.05) is 42.6 Å². The van der Waals surface area contributed by atoms with Crippen LogP contribution in [-0.2, 0) is 6.18 Å². The fourth-order valence-electron chi connectivity index (χ4n) is 4.10. The predicted molar refractivity (Wildman–Crippen MR) is 110 cm³/mol. The fourth-order valence-corrected chi connectivity index (χ4v) is 4.10. The second kappa shape index (κ2) is 7.11. The summed E-state index contributed by atoms with van der Waals surface area (Å²) in [4.78, 5) is 21.7. The molecule has 0 unspecified atom stereocenters. The van der Waals surface area contributed by atoms with Crippen molar-refractivity contribution in [3.63, 3.8) is 0 Å². The Balaban J connectivity index is 1.55. The van der Waals surface area contributed by atoms with Gasteiger partial charge >= 0.3 is 6.18 Å². The zero-order valence-electron chi connectivity index (χ0n) is 16.8. The number of carbonyl (C=O) groups excluding carboxylic acids is 1. The molecule has 160 valence electrons. The molecular weight excluding hydrogens is 407 g/mol. The first-order valence-electron chi connectivity index (χ1n) is 10.1. The van der Waals surface area contributed by atoms with Gasteiger partial charge in [-0.2, -0.15) is 18.3 Å². The van der Waals surface area contributed by atoms with E-state index in [0.717, 1.165) is 43.0 Å². The second-order valence-corrected chi connectivity index (χ2v) is 7.88. The number of alkyl halides is 3. The van der Waals surface area contributed by atoms with E-state index in [0.29, 0.717) is 23.5 Å². The number of carbonyl (C=O) groups is 1. The molecule has 0 bridgehead atoms. The first kappa shape index (κ1) is 19.6. The molecule has 2 aliphatic rings. The monoisotopic (exact) mass is 427 g/mol. The van der Waals surface area contributed by atoms with E-state index in [-0.39, 0.29) is 11.9 Å². The van der Waals surface area contributed by atoms with Crippen LogP contribution in [0.5, 0.6) is 0 Å². The largest absolute Gasteiger partial charge is 0.416 e. The Hall–Kier alpha value is -3.36. The molecule has 4 heterocycles. The van der Waals surface area contributed by atoms with Gasteiger partial charge < -0.3 is 9.80 Å². The minimum atomic E-state index is -4.42. The maximum absolute atomic E-state index is 13.5. The number of halogens is 3. The van der Waals surface area contributed by atoms with Gasteiger partial charge in [0.15, 0.2) is 0 Å². The molecule has 0 N–H and O–H groups in total. The molecule has 1 fully saturated rings. The fraction of sp³-hybridized carbons (Fsp3) is 0.318. The van der Waals surface area contributed by atoms with Gasteiger partial charge in [0.25, 0.3) is 5.91 Å². The molecule has 31 heavy (non-hydrogen) atoms. The first-order valence-corrected chi connectivity index (χ1v) is 10.1. The Labute approximate surface area is 176 Å². The highest BCUT2D eigenvalue weighted by Crippen LogP contribution is 2.38. The molecule has 1 saturated heterocycles. The number of nitrogens with zero attached hydrogens (tertiary/aromatic N) is 5. The van der Waals surface area contributed by atoms with Gasteiger partial charge in [-0.1, -0.05) is 0 Å². The van der Waals surface area contributed by atoms with Crippen LogP contribution in [0.2, 0.25) is 0 Å². The number of amides is 1. The molecule has 3 aromatic rings. The Morgan fingerprint density at radius 2 is 1.81 bits per heavy atom. The molecule has 1 aromatic carbocycles. The molecule has 5 rings (SSSR count). The average Bonchev–Trinajstić information content (AvgIpc) is 3.15. The van der Waals surface area contributed by atoms with Gasteiger partial charge in [-0.15, -0.1) is 0 Å². The number of rotatable bonds is 3. The van der Waals surface area contributed by atoms with Gasteiger partial charge in [0.1, 0.15) is 11.5 Å². The molecule has 1 amide bonds. The summed E-state index contributed by atoms with van der Waals surface area (Å²) >= 11 is 0. The Kier molecular flexibility index (Phi) is 4.49. The minimum Gasteiger partial charge on any atom is -0.356 e. The van der Waals surface area contributed by atoms with Crippen molar-refractivity contribution in [2.75, 3.05) is 29.4 Å². The average molecular weight is 427 g/mol. The van der Waals surface area contributed by atoms with Crippen LogP contribution in [0.4, 0.5) is 24.7 Å². The zero-order valence-corrected chi connectivity index (χ0v) is 16.8. The van der Waals surface area contributed by atoms with E-state index in [2.05, 4.69) is 15.0 Å². The quantitative estimate of drug-likeness (QED) is 0.622. The maximum atomic E-state index is 13.5. The SMILES string of the molecule is C[C@H]1CN(c2ccc(C(F)(F)F)cc2)C(=O)c2c(-c3cccnc3N3CCC3)cnn21. The van der Waals surface area contributed by atoms with E-state index in [1.54, 1.807) is 17.1 Å². The van der Waals surface area contributed by atoms with E-state index in [4.69, 9.17) is 0 Å². The van der Waals surface area contributed by atoms with E-state index in [1.165, 1.54) is 17.0 Å². The molecule has 1 atom stereocenters. The smallest absolute Gasteiger partial charge is 0.356 e. The maximum Gasteiger partial charge on any atom is 0.416 e. The van der Waals surface area contributed by atoms with Gasteiger partial charge in [-0.3, -0.25) is 9.48 Å². The van der Waals surface area contributed by atoms with Crippen LogP contribution < -0.4 is 9.80 Å². The van der Waals surface area contributed by atoms with Crippen LogP contribution in [-0.4, -0.2) is 40.3 Å². The lowest BCUT2D eigenvalue weighted by Gasteiger charge is -2.34. The zero-order chi connectivity index (χ0) is 21.8. The molecule has 0 spiro atoms. The van der Waals surface area contributed by atoms with Crippen LogP contribution in [0.25, 0.3) is 11.1 Å². The summed E-state index contributed by atoms with van der Waals surface area (Å²) in [6.45, 7) is 4.08. The van der Waals surface area contributed by atoms with Gasteiger partial charge in [0.2, 0.25) is 0 Å². The molecule has 0 aliphatic carbocycles. The Bertz CT molecular complexity index is 1130. The van der Waals surface area contributed by atoms with Crippen molar-refractivity contribution in [2.24, 2.45) is 0 Å². The summed E-state index contributed by atoms with van der Waals surface area (Å²) < 4.78 is 40.5. The van der Waals surface area contributed by atoms with Crippen LogP contribution in [0.1, 0.15) is 35.4 Å². The van der Waals surface area contributed by atoms with Crippen molar-refractivity contribution in [1.82, 2.24) is 14.8 Å². The molecule has 9 heteroatoms. The number of anilines is 2. The summed E-state index contributed by atoms with van der Waals surface area (Å²) in [6, 6.07) is 8.31. The molecule has 6 nitrogen and oxygen atoms in total. The van der Waals surface area contributed by atoms with E-state index in [1.807, 2.05) is 19.1 Å². The van der Waals surface area contributed by atoms with E-state index >= 15 is 0 Å². The van der Waals surface area contributed by atoms with Gasteiger partial charge in [-0.25, -0.2) is 4.98 Å². The van der Waals surface area contributed by atoms with Gasteiger partial charge in [-0.05, 0) is 49.7 Å². The number of benzene rings is 1. The summed E-state index contributed by atoms with van der Waals surface area (Å²) in [5.41, 5.74) is 1.63. The number of aromatic nitrogens is 3. The Morgan fingerprint density at radius 1 is 1.06 bits per heavy atom. The lowest BCUT2D eigenvalue weighted by atomic mass is 10.0. The lowest BCUT2D eigenvalue weighted by molar-refractivity contribution is -0.137. The summed E-state index contributed by atoms with van der Waals surface area (Å²) in [6.07, 6.45) is 0.0865. The highest BCUT2D eigenvalue weighted by Gasteiger charge is 2.36. The van der Waals surface area contributed by atoms with Crippen molar-refractivity contribution in [2.45, 2.75) is 25.6 Å². The highest BCUT2D eigenvalue weighted by atomic mass is 19.4. The summed E-state index contributed by atoms with van der Waals surface area (Å²) in [5, 5.41) is 4.46. The van der Waals surface area contributed by atoms with Crippen molar-refractivity contribution in [1.29, 1.82) is 0 Å². The highest BCUT2D eigenvalue weighted by molar-refractivity contribution is 6.10. The first-order chi connectivity index (χ1) is 14.8. The van der Waals surface area contributed by atoms with Crippen molar-refractivity contribution >= 4 is 17.4 Å². The van der Waals surface area contributed by atoms with Crippen molar-refractivity contribution in [3.8, 4) is 11.1 Å². The topological polar surface area (TPSA) is 54.3 Å². The second-order valence-electron chi connectivity index (χ2n) is 7.88. The van der Waals surface area contributed by atoms with E-state index in [9.17, 15) is 18.0 Å². The third-order valence-electron chi connectivity index (χ3n) is 5.85. The summed E-state index contributed by atoms with van der Waals surface area (Å²) in [5.74, 6) is 0.528. The third kappa shape index (κ3) is 3.24. The molecule has 2 aromatic heterocycles. The predicted octanol–water partition coefficient (Wildman–Crippen LogP) is 4.40. The summed E-state index contributed by atoms with van der Waals surface area (Å²) in [7, 11) is 0.